The van der Waals surface area contributed by atoms with Crippen molar-refractivity contribution in [3.05, 3.63) is 65.7 Å². The molecule has 0 heterocycles. The first-order valence-electron chi connectivity index (χ1n) is 6.99. The van der Waals surface area contributed by atoms with Crippen molar-refractivity contribution in [3.63, 3.8) is 0 Å². The van der Waals surface area contributed by atoms with Crippen molar-refractivity contribution in [1.82, 2.24) is 5.32 Å². The van der Waals surface area contributed by atoms with E-state index in [2.05, 4.69) is 5.32 Å². The summed E-state index contributed by atoms with van der Waals surface area (Å²) in [5.41, 5.74) is 7.40. The monoisotopic (exact) mass is 284 g/mol. The smallest absolute Gasteiger partial charge is 0.231 e. The van der Waals surface area contributed by atoms with Gasteiger partial charge in [0.25, 0.3) is 0 Å². The van der Waals surface area contributed by atoms with E-state index in [9.17, 15) is 4.79 Å². The lowest BCUT2D eigenvalue weighted by Gasteiger charge is -2.07. The van der Waals surface area contributed by atoms with Crippen LogP contribution < -0.4 is 15.8 Å². The standard InChI is InChI=1S/C17H20N2O2/c18-17(20)12-19-11-10-14-6-8-16(9-7-14)21-13-15-4-2-1-3-5-15/h1-9,19H,10-13H2,(H2,18,20). The van der Waals surface area contributed by atoms with Crippen molar-refractivity contribution in [2.75, 3.05) is 13.1 Å². The predicted molar refractivity (Wildman–Crippen MR) is 83.0 cm³/mol. The van der Waals surface area contributed by atoms with E-state index in [-0.39, 0.29) is 12.5 Å². The van der Waals surface area contributed by atoms with Crippen LogP contribution in [0.25, 0.3) is 0 Å². The molecule has 3 N–H and O–H groups in total. The van der Waals surface area contributed by atoms with Crippen molar-refractivity contribution in [2.45, 2.75) is 13.0 Å². The second kappa shape index (κ2) is 8.07. The highest BCUT2D eigenvalue weighted by atomic mass is 16.5. The number of carbonyl (C=O) groups is 1. The van der Waals surface area contributed by atoms with E-state index < -0.39 is 0 Å². The number of carbonyl (C=O) groups excluding carboxylic acids is 1. The SMILES string of the molecule is NC(=O)CNCCc1ccc(OCc2ccccc2)cc1. The zero-order valence-corrected chi connectivity index (χ0v) is 11.9. The van der Waals surface area contributed by atoms with E-state index in [0.717, 1.165) is 24.3 Å². The minimum Gasteiger partial charge on any atom is -0.489 e. The Morgan fingerprint density at radius 1 is 1.00 bits per heavy atom. The number of amides is 1. The van der Waals surface area contributed by atoms with Crippen molar-refractivity contribution >= 4 is 5.91 Å². The zero-order valence-electron chi connectivity index (χ0n) is 11.9. The van der Waals surface area contributed by atoms with Gasteiger partial charge < -0.3 is 15.8 Å². The Balaban J connectivity index is 1.75. The van der Waals surface area contributed by atoms with E-state index in [1.165, 1.54) is 5.56 Å². The van der Waals surface area contributed by atoms with Gasteiger partial charge in [0.05, 0.1) is 6.54 Å². The Labute approximate surface area is 124 Å². The molecule has 4 heteroatoms. The van der Waals surface area contributed by atoms with Gasteiger partial charge in [-0.25, -0.2) is 0 Å². The van der Waals surface area contributed by atoms with Gasteiger partial charge >= 0.3 is 0 Å². The van der Waals surface area contributed by atoms with Crippen LogP contribution in [-0.4, -0.2) is 19.0 Å². The lowest BCUT2D eigenvalue weighted by atomic mass is 10.1. The summed E-state index contributed by atoms with van der Waals surface area (Å²) in [6, 6.07) is 18.1. The van der Waals surface area contributed by atoms with Crippen molar-refractivity contribution < 1.29 is 9.53 Å². The largest absolute Gasteiger partial charge is 0.489 e. The molecule has 110 valence electrons. The zero-order chi connectivity index (χ0) is 14.9. The molecule has 0 fully saturated rings. The topological polar surface area (TPSA) is 64.4 Å². The lowest BCUT2D eigenvalue weighted by molar-refractivity contribution is -0.117. The highest BCUT2D eigenvalue weighted by Gasteiger charge is 1.98. The average Bonchev–Trinajstić information content (AvgIpc) is 2.51. The second-order valence-corrected chi connectivity index (χ2v) is 4.81. The Kier molecular flexibility index (Phi) is 5.79. The molecule has 0 aliphatic heterocycles. The van der Waals surface area contributed by atoms with Gasteiger partial charge in [-0.05, 0) is 36.2 Å². The second-order valence-electron chi connectivity index (χ2n) is 4.81. The van der Waals surface area contributed by atoms with Gasteiger partial charge in [0.2, 0.25) is 5.91 Å². The molecule has 0 spiro atoms. The van der Waals surface area contributed by atoms with Gasteiger partial charge in [-0.2, -0.15) is 0 Å². The maximum Gasteiger partial charge on any atom is 0.231 e. The van der Waals surface area contributed by atoms with Crippen LogP contribution in [0.2, 0.25) is 0 Å². The number of benzene rings is 2. The fourth-order valence-electron chi connectivity index (χ4n) is 1.94. The highest BCUT2D eigenvalue weighted by Crippen LogP contribution is 2.14. The van der Waals surface area contributed by atoms with Crippen LogP contribution in [0.4, 0.5) is 0 Å². The van der Waals surface area contributed by atoms with E-state index in [1.54, 1.807) is 0 Å². The first-order valence-corrected chi connectivity index (χ1v) is 6.99. The number of hydrogen-bond acceptors (Lipinski definition) is 3. The van der Waals surface area contributed by atoms with Crippen LogP contribution in [-0.2, 0) is 17.8 Å². The molecule has 0 bridgehead atoms. The van der Waals surface area contributed by atoms with Gasteiger partial charge in [-0.1, -0.05) is 42.5 Å². The molecule has 0 aliphatic carbocycles. The summed E-state index contributed by atoms with van der Waals surface area (Å²) in [7, 11) is 0. The van der Waals surface area contributed by atoms with E-state index in [4.69, 9.17) is 10.5 Å². The number of primary amides is 1. The molecule has 0 atom stereocenters. The summed E-state index contributed by atoms with van der Waals surface area (Å²) >= 11 is 0. The Hall–Kier alpha value is -2.33. The number of hydrogen-bond donors (Lipinski definition) is 2. The molecule has 0 saturated carbocycles. The average molecular weight is 284 g/mol. The minimum atomic E-state index is -0.334. The quantitative estimate of drug-likeness (QED) is 0.728. The maximum atomic E-state index is 10.6. The lowest BCUT2D eigenvalue weighted by Crippen LogP contribution is -2.29. The summed E-state index contributed by atoms with van der Waals surface area (Å²) < 4.78 is 5.73. The Bertz CT molecular complexity index is 553. The molecule has 2 aromatic carbocycles. The van der Waals surface area contributed by atoms with Gasteiger partial charge in [0, 0.05) is 0 Å². The van der Waals surface area contributed by atoms with Gasteiger partial charge in [0.15, 0.2) is 0 Å². The summed E-state index contributed by atoms with van der Waals surface area (Å²) in [6.07, 6.45) is 0.853. The third-order valence-corrected chi connectivity index (χ3v) is 3.06. The van der Waals surface area contributed by atoms with Gasteiger partial charge in [-0.3, -0.25) is 4.79 Å². The number of nitrogens with two attached hydrogens (primary N) is 1. The third kappa shape index (κ3) is 5.67. The predicted octanol–water partition coefficient (Wildman–Crippen LogP) is 1.88. The molecular formula is C17H20N2O2. The molecule has 0 radical (unpaired) electrons. The molecule has 0 saturated heterocycles. The van der Waals surface area contributed by atoms with E-state index in [1.807, 2.05) is 54.6 Å². The Morgan fingerprint density at radius 2 is 1.71 bits per heavy atom. The van der Waals surface area contributed by atoms with E-state index >= 15 is 0 Å². The molecule has 1 amide bonds. The summed E-state index contributed by atoms with van der Waals surface area (Å²) in [5, 5.41) is 2.99. The molecule has 0 unspecified atom stereocenters. The Morgan fingerprint density at radius 3 is 2.38 bits per heavy atom. The fourth-order valence-corrected chi connectivity index (χ4v) is 1.94. The van der Waals surface area contributed by atoms with Gasteiger partial charge in [0.1, 0.15) is 12.4 Å². The normalized spacial score (nSPS) is 10.3. The number of rotatable bonds is 8. The summed E-state index contributed by atoms with van der Waals surface area (Å²) in [5.74, 6) is 0.521. The molecule has 0 aromatic heterocycles. The first kappa shape index (κ1) is 15.1. The minimum absolute atomic E-state index is 0.221. The van der Waals surface area contributed by atoms with Crippen LogP contribution in [0.3, 0.4) is 0 Å². The molecular weight excluding hydrogens is 264 g/mol. The maximum absolute atomic E-state index is 10.6. The van der Waals surface area contributed by atoms with Crippen LogP contribution in [0, 0.1) is 0 Å². The van der Waals surface area contributed by atoms with Crippen LogP contribution in [0.5, 0.6) is 5.75 Å². The van der Waals surface area contributed by atoms with Crippen molar-refractivity contribution in [2.24, 2.45) is 5.73 Å². The van der Waals surface area contributed by atoms with Crippen molar-refractivity contribution in [3.8, 4) is 5.75 Å². The summed E-state index contributed by atoms with van der Waals surface area (Å²) in [6.45, 7) is 1.52. The van der Waals surface area contributed by atoms with Gasteiger partial charge in [-0.15, -0.1) is 0 Å². The number of ether oxygens (including phenoxy) is 1. The molecule has 21 heavy (non-hydrogen) atoms. The molecule has 4 nitrogen and oxygen atoms in total. The summed E-state index contributed by atoms with van der Waals surface area (Å²) in [4.78, 5) is 10.6. The van der Waals surface area contributed by atoms with Crippen LogP contribution in [0.15, 0.2) is 54.6 Å². The highest BCUT2D eigenvalue weighted by molar-refractivity contribution is 5.75. The van der Waals surface area contributed by atoms with E-state index in [0.29, 0.717) is 6.61 Å². The van der Waals surface area contributed by atoms with Crippen molar-refractivity contribution in [1.29, 1.82) is 0 Å². The van der Waals surface area contributed by atoms with Crippen LogP contribution in [0.1, 0.15) is 11.1 Å². The molecule has 0 aliphatic rings. The fraction of sp³-hybridized carbons (Fsp3) is 0.235. The number of nitrogens with one attached hydrogen (secondary N) is 1. The molecule has 2 aromatic rings. The molecule has 2 rings (SSSR count). The van der Waals surface area contributed by atoms with Crippen LogP contribution >= 0.6 is 0 Å². The first-order chi connectivity index (χ1) is 10.2. The third-order valence-electron chi connectivity index (χ3n) is 3.06.